The van der Waals surface area contributed by atoms with Crippen LogP contribution in [0.15, 0.2) is 66.0 Å². The maximum atomic E-state index is 13.8. The van der Waals surface area contributed by atoms with Gasteiger partial charge in [0, 0.05) is 62.0 Å². The summed E-state index contributed by atoms with van der Waals surface area (Å²) in [7, 11) is 1.63. The first-order chi connectivity index (χ1) is 19.5. The molecule has 40 heavy (non-hydrogen) atoms. The molecule has 2 amide bonds. The molecule has 2 aliphatic rings. The lowest BCUT2D eigenvalue weighted by atomic mass is 9.81. The van der Waals surface area contributed by atoms with Crippen molar-refractivity contribution in [1.29, 1.82) is 0 Å². The molecule has 0 radical (unpaired) electrons. The average molecular weight is 561 g/mol. The molecule has 7 nitrogen and oxygen atoms in total. The number of rotatable bonds is 10. The van der Waals surface area contributed by atoms with Crippen LogP contribution in [0.5, 0.6) is 0 Å². The summed E-state index contributed by atoms with van der Waals surface area (Å²) in [4.78, 5) is 35.2. The van der Waals surface area contributed by atoms with Crippen LogP contribution in [-0.2, 0) is 9.53 Å². The summed E-state index contributed by atoms with van der Waals surface area (Å²) < 4.78 is 5.33. The third-order valence-corrected chi connectivity index (χ3v) is 9.03. The van der Waals surface area contributed by atoms with Gasteiger partial charge < -0.3 is 19.9 Å². The Morgan fingerprint density at radius 1 is 1.07 bits per heavy atom. The van der Waals surface area contributed by atoms with Crippen LogP contribution >= 0.6 is 11.3 Å². The Morgan fingerprint density at radius 3 is 2.67 bits per heavy atom. The van der Waals surface area contributed by atoms with E-state index >= 15 is 0 Å². The fourth-order valence-corrected chi connectivity index (χ4v) is 7.01. The number of benzene rings is 2. The lowest BCUT2D eigenvalue weighted by Gasteiger charge is -2.41. The molecule has 0 saturated carbocycles. The second kappa shape index (κ2) is 13.0. The first-order valence-corrected chi connectivity index (χ1v) is 15.1. The van der Waals surface area contributed by atoms with Crippen LogP contribution in [0.1, 0.15) is 51.7 Å². The number of anilines is 1. The van der Waals surface area contributed by atoms with Crippen LogP contribution in [0.2, 0.25) is 0 Å². The van der Waals surface area contributed by atoms with Crippen molar-refractivity contribution >= 4 is 28.8 Å². The van der Waals surface area contributed by atoms with Crippen molar-refractivity contribution in [2.75, 3.05) is 57.9 Å². The number of hydrogen-bond donors (Lipinski definition) is 1. The smallest absolute Gasteiger partial charge is 0.254 e. The molecule has 2 aliphatic heterocycles. The van der Waals surface area contributed by atoms with Gasteiger partial charge in [-0.3, -0.25) is 14.5 Å². The molecule has 1 aromatic heterocycles. The van der Waals surface area contributed by atoms with Gasteiger partial charge in [0.1, 0.15) is 0 Å². The van der Waals surface area contributed by atoms with Gasteiger partial charge in [-0.2, -0.15) is 0 Å². The predicted molar refractivity (Wildman–Crippen MR) is 161 cm³/mol. The molecule has 3 aromatic rings. The Labute approximate surface area is 241 Å². The molecule has 0 bridgehead atoms. The fraction of sp³-hybridized carbons (Fsp3) is 0.438. The van der Waals surface area contributed by atoms with E-state index in [1.165, 1.54) is 11.3 Å². The molecule has 212 valence electrons. The molecule has 0 aliphatic carbocycles. The van der Waals surface area contributed by atoms with E-state index in [0.29, 0.717) is 31.3 Å². The summed E-state index contributed by atoms with van der Waals surface area (Å²) in [5.41, 5.74) is 3.99. The van der Waals surface area contributed by atoms with Gasteiger partial charge in [-0.1, -0.05) is 36.4 Å². The van der Waals surface area contributed by atoms with Crippen LogP contribution in [0.25, 0.3) is 0 Å². The number of amides is 2. The number of fused-ring (bicyclic) bond motifs is 1. The van der Waals surface area contributed by atoms with E-state index in [1.807, 2.05) is 46.7 Å². The summed E-state index contributed by atoms with van der Waals surface area (Å²) in [5.74, 6) is -0.547. The Kier molecular flexibility index (Phi) is 9.19. The number of hydrogen-bond acceptors (Lipinski definition) is 6. The number of methoxy groups -OCH3 is 1. The van der Waals surface area contributed by atoms with Crippen molar-refractivity contribution in [2.24, 2.45) is 0 Å². The third kappa shape index (κ3) is 6.09. The average Bonchev–Trinajstić information content (AvgIpc) is 3.49. The Bertz CT molecular complexity index is 1300. The minimum absolute atomic E-state index is 0.0293. The highest BCUT2D eigenvalue weighted by atomic mass is 32.1. The predicted octanol–water partition coefficient (Wildman–Crippen LogP) is 4.70. The van der Waals surface area contributed by atoms with Gasteiger partial charge in [0.15, 0.2) is 0 Å². The highest BCUT2D eigenvalue weighted by molar-refractivity contribution is 7.10. The normalized spacial score (nSPS) is 21.4. The summed E-state index contributed by atoms with van der Waals surface area (Å²) in [6.07, 6.45) is 0.882. The fourth-order valence-electron chi connectivity index (χ4n) is 6.14. The van der Waals surface area contributed by atoms with Gasteiger partial charge in [-0.15, -0.1) is 11.3 Å². The Morgan fingerprint density at radius 2 is 1.93 bits per heavy atom. The van der Waals surface area contributed by atoms with Crippen molar-refractivity contribution in [2.45, 2.75) is 38.3 Å². The maximum absolute atomic E-state index is 13.8. The van der Waals surface area contributed by atoms with E-state index in [-0.39, 0.29) is 17.9 Å². The minimum Gasteiger partial charge on any atom is -0.383 e. The Hall–Kier alpha value is -3.20. The van der Waals surface area contributed by atoms with E-state index in [2.05, 4.69) is 53.2 Å². The number of ether oxygens (including phenoxy) is 1. The maximum Gasteiger partial charge on any atom is 0.254 e. The molecule has 1 N–H and O–H groups in total. The second-order valence-corrected chi connectivity index (χ2v) is 11.8. The first kappa shape index (κ1) is 28.3. The molecule has 8 heteroatoms. The van der Waals surface area contributed by atoms with E-state index in [4.69, 9.17) is 4.74 Å². The van der Waals surface area contributed by atoms with Crippen molar-refractivity contribution in [3.63, 3.8) is 0 Å². The largest absolute Gasteiger partial charge is 0.383 e. The van der Waals surface area contributed by atoms with E-state index < -0.39 is 5.92 Å². The van der Waals surface area contributed by atoms with Crippen LogP contribution < -0.4 is 10.2 Å². The number of aryl methyl sites for hydroxylation is 1. The van der Waals surface area contributed by atoms with Crippen molar-refractivity contribution in [3.8, 4) is 0 Å². The van der Waals surface area contributed by atoms with Gasteiger partial charge >= 0.3 is 0 Å². The van der Waals surface area contributed by atoms with Gasteiger partial charge in [-0.25, -0.2) is 0 Å². The lowest BCUT2D eigenvalue weighted by molar-refractivity contribution is -0.124. The van der Waals surface area contributed by atoms with Crippen molar-refractivity contribution in [3.05, 3.63) is 87.6 Å². The molecular weight excluding hydrogens is 520 g/mol. The SMILES string of the molecule is COCCN1C(=O)c2ccccc2[C@H](C(=O)NCCCN2CCN(c3cccc(C)c3)[C@@H](C)C2)[C@@H]1c1cccs1. The van der Waals surface area contributed by atoms with Crippen LogP contribution in [-0.4, -0.2) is 80.6 Å². The molecule has 3 atom stereocenters. The molecule has 1 fully saturated rings. The number of nitrogens with one attached hydrogen (secondary N) is 1. The number of carbonyl (C=O) groups excluding carboxylic acids is 2. The van der Waals surface area contributed by atoms with Crippen molar-refractivity contribution < 1.29 is 14.3 Å². The molecular formula is C32H40N4O3S. The number of piperazine rings is 1. The number of thiophene rings is 1. The summed E-state index contributed by atoms with van der Waals surface area (Å²) >= 11 is 1.59. The van der Waals surface area contributed by atoms with Crippen LogP contribution in [0.4, 0.5) is 5.69 Å². The zero-order valence-electron chi connectivity index (χ0n) is 23.7. The highest BCUT2D eigenvalue weighted by Gasteiger charge is 2.44. The molecule has 0 spiro atoms. The van der Waals surface area contributed by atoms with E-state index in [0.717, 1.165) is 43.0 Å². The zero-order chi connectivity index (χ0) is 28.1. The van der Waals surface area contributed by atoms with E-state index in [9.17, 15) is 9.59 Å². The zero-order valence-corrected chi connectivity index (χ0v) is 24.5. The topological polar surface area (TPSA) is 65.1 Å². The second-order valence-electron chi connectivity index (χ2n) is 10.8. The van der Waals surface area contributed by atoms with E-state index in [1.54, 1.807) is 18.4 Å². The van der Waals surface area contributed by atoms with Crippen LogP contribution in [0, 0.1) is 6.92 Å². The van der Waals surface area contributed by atoms with Gasteiger partial charge in [0.2, 0.25) is 5.91 Å². The van der Waals surface area contributed by atoms with Gasteiger partial charge in [-0.05, 0) is 67.6 Å². The van der Waals surface area contributed by atoms with Crippen molar-refractivity contribution in [1.82, 2.24) is 15.1 Å². The van der Waals surface area contributed by atoms with Gasteiger partial charge in [0.05, 0.1) is 18.6 Å². The first-order valence-electron chi connectivity index (χ1n) is 14.2. The van der Waals surface area contributed by atoms with Crippen LogP contribution in [0.3, 0.4) is 0 Å². The quantitative estimate of drug-likeness (QED) is 0.364. The minimum atomic E-state index is -0.470. The third-order valence-electron chi connectivity index (χ3n) is 8.09. The Balaban J connectivity index is 1.22. The molecule has 0 unspecified atom stereocenters. The summed E-state index contributed by atoms with van der Waals surface area (Å²) in [6.45, 7) is 9.86. The van der Waals surface area contributed by atoms with Gasteiger partial charge in [0.25, 0.3) is 5.91 Å². The standard InChI is InChI=1S/C32H40N4O3S/c1-23-9-6-10-25(21-23)35-17-16-34(22-24(35)2)15-8-14-33-31(37)29-26-11-4-5-12-27(26)32(38)36(18-19-39-3)30(29)28-13-7-20-40-28/h4-7,9-13,20-21,24,29-30H,8,14-19,22H2,1-3H3,(H,33,37)/t24-,29-,30-/m0/s1. The summed E-state index contributed by atoms with van der Waals surface area (Å²) in [6, 6.07) is 20.4. The molecule has 2 aromatic carbocycles. The summed E-state index contributed by atoms with van der Waals surface area (Å²) in [5, 5.41) is 5.23. The monoisotopic (exact) mass is 560 g/mol. The number of nitrogens with zero attached hydrogens (tertiary/aromatic N) is 3. The molecule has 5 rings (SSSR count). The number of carbonyl (C=O) groups is 2. The lowest BCUT2D eigenvalue weighted by Crippen LogP contribution is -2.52. The molecule has 3 heterocycles. The highest BCUT2D eigenvalue weighted by Crippen LogP contribution is 2.44. The molecule has 1 saturated heterocycles.